The summed E-state index contributed by atoms with van der Waals surface area (Å²) in [4.78, 5) is 11.9. The highest BCUT2D eigenvalue weighted by Gasteiger charge is 2.51. The fourth-order valence-corrected chi connectivity index (χ4v) is 4.19. The van der Waals surface area contributed by atoms with Crippen molar-refractivity contribution in [2.75, 3.05) is 0 Å². The van der Waals surface area contributed by atoms with Gasteiger partial charge in [0.1, 0.15) is 5.78 Å². The number of carbonyl (C=O) groups is 1. The van der Waals surface area contributed by atoms with Crippen LogP contribution < -0.4 is 0 Å². The predicted octanol–water partition coefficient (Wildman–Crippen LogP) is 3.82. The van der Waals surface area contributed by atoms with Crippen molar-refractivity contribution in [2.45, 2.75) is 59.3 Å². The smallest absolute Gasteiger partial charge is 0.136 e. The Labute approximate surface area is 93.6 Å². The van der Waals surface area contributed by atoms with Gasteiger partial charge in [0.05, 0.1) is 0 Å². The number of carbonyl (C=O) groups excluding carboxylic acids is 1. The van der Waals surface area contributed by atoms with Gasteiger partial charge in [0.25, 0.3) is 0 Å². The maximum Gasteiger partial charge on any atom is 0.136 e. The molecule has 2 saturated carbocycles. The van der Waals surface area contributed by atoms with Crippen LogP contribution in [0.25, 0.3) is 0 Å². The summed E-state index contributed by atoms with van der Waals surface area (Å²) >= 11 is 0. The van der Waals surface area contributed by atoms with Gasteiger partial charge in [-0.1, -0.05) is 27.2 Å². The van der Waals surface area contributed by atoms with Gasteiger partial charge in [-0.2, -0.15) is 0 Å². The van der Waals surface area contributed by atoms with Crippen molar-refractivity contribution in [3.05, 3.63) is 0 Å². The second-order valence-corrected chi connectivity index (χ2v) is 5.95. The maximum atomic E-state index is 11.9. The van der Waals surface area contributed by atoms with Crippen LogP contribution in [0.3, 0.4) is 0 Å². The average Bonchev–Trinajstić information content (AvgIpc) is 2.56. The molecule has 1 heteroatoms. The Morgan fingerprint density at radius 2 is 2.20 bits per heavy atom. The summed E-state index contributed by atoms with van der Waals surface area (Å²) < 4.78 is 0. The standard InChI is InChI=1S/C14H24O/c1-4-10(2)11-7-8-12-13(15)6-5-9-14(11,12)3/h10-12H,4-9H2,1-3H3/t10?,11?,12?,14-/m1/s1. The van der Waals surface area contributed by atoms with Crippen LogP contribution >= 0.6 is 0 Å². The quantitative estimate of drug-likeness (QED) is 0.674. The van der Waals surface area contributed by atoms with Gasteiger partial charge in [-0.15, -0.1) is 0 Å². The highest BCUT2D eigenvalue weighted by atomic mass is 16.1. The second kappa shape index (κ2) is 3.92. The molecule has 0 radical (unpaired) electrons. The largest absolute Gasteiger partial charge is 0.299 e. The molecular weight excluding hydrogens is 184 g/mol. The van der Waals surface area contributed by atoms with E-state index in [-0.39, 0.29) is 0 Å². The summed E-state index contributed by atoms with van der Waals surface area (Å²) in [5.74, 6) is 2.57. The van der Waals surface area contributed by atoms with Crippen LogP contribution in [-0.2, 0) is 4.79 Å². The maximum absolute atomic E-state index is 11.9. The summed E-state index contributed by atoms with van der Waals surface area (Å²) in [5.41, 5.74) is 0.352. The van der Waals surface area contributed by atoms with Crippen molar-refractivity contribution in [2.24, 2.45) is 23.2 Å². The molecule has 0 spiro atoms. The molecule has 0 aliphatic heterocycles. The van der Waals surface area contributed by atoms with Gasteiger partial charge in [-0.25, -0.2) is 0 Å². The minimum absolute atomic E-state index is 0.352. The Morgan fingerprint density at radius 3 is 2.87 bits per heavy atom. The van der Waals surface area contributed by atoms with E-state index in [0.717, 1.165) is 24.7 Å². The molecule has 0 aromatic rings. The summed E-state index contributed by atoms with van der Waals surface area (Å²) in [7, 11) is 0. The summed E-state index contributed by atoms with van der Waals surface area (Å²) in [6.45, 7) is 7.04. The molecular formula is C14H24O. The molecule has 2 aliphatic rings. The Balaban J connectivity index is 2.21. The average molecular weight is 208 g/mol. The molecule has 4 atom stereocenters. The summed E-state index contributed by atoms with van der Waals surface area (Å²) in [6.07, 6.45) is 7.01. The first-order chi connectivity index (χ1) is 7.09. The predicted molar refractivity (Wildman–Crippen MR) is 62.6 cm³/mol. The molecule has 15 heavy (non-hydrogen) atoms. The number of Topliss-reactive ketones (excluding diaryl/α,β-unsaturated/α-hetero) is 1. The molecule has 0 heterocycles. The Hall–Kier alpha value is -0.330. The van der Waals surface area contributed by atoms with Crippen LogP contribution in [-0.4, -0.2) is 5.78 Å². The van der Waals surface area contributed by atoms with Crippen molar-refractivity contribution in [1.29, 1.82) is 0 Å². The van der Waals surface area contributed by atoms with E-state index in [0.29, 0.717) is 17.1 Å². The van der Waals surface area contributed by atoms with Crippen molar-refractivity contribution in [1.82, 2.24) is 0 Å². The van der Waals surface area contributed by atoms with E-state index < -0.39 is 0 Å². The van der Waals surface area contributed by atoms with Crippen molar-refractivity contribution in [3.63, 3.8) is 0 Å². The zero-order valence-corrected chi connectivity index (χ0v) is 10.4. The fourth-order valence-electron chi connectivity index (χ4n) is 4.19. The van der Waals surface area contributed by atoms with Gasteiger partial charge in [0, 0.05) is 12.3 Å². The second-order valence-electron chi connectivity index (χ2n) is 5.95. The van der Waals surface area contributed by atoms with Gasteiger partial charge in [0.15, 0.2) is 0 Å². The number of fused-ring (bicyclic) bond motifs is 1. The molecule has 0 N–H and O–H groups in total. The highest BCUT2D eigenvalue weighted by Crippen LogP contribution is 2.56. The molecule has 0 aromatic heterocycles. The molecule has 0 aromatic carbocycles. The van der Waals surface area contributed by atoms with Crippen molar-refractivity contribution in [3.8, 4) is 0 Å². The molecule has 1 nitrogen and oxygen atoms in total. The van der Waals surface area contributed by atoms with E-state index in [1.165, 1.54) is 25.7 Å². The van der Waals surface area contributed by atoms with E-state index >= 15 is 0 Å². The minimum atomic E-state index is 0.352. The lowest BCUT2D eigenvalue weighted by Gasteiger charge is -2.42. The van der Waals surface area contributed by atoms with Crippen LogP contribution in [0, 0.1) is 23.2 Å². The first kappa shape index (κ1) is 11.2. The fraction of sp³-hybridized carbons (Fsp3) is 0.929. The summed E-state index contributed by atoms with van der Waals surface area (Å²) in [6, 6.07) is 0. The normalized spacial score (nSPS) is 42.7. The van der Waals surface area contributed by atoms with E-state index in [9.17, 15) is 4.79 Å². The molecule has 86 valence electrons. The SMILES string of the molecule is CCC(C)C1CCC2C(=O)CCC[C@@]21C. The lowest BCUT2D eigenvalue weighted by atomic mass is 9.62. The molecule has 0 bridgehead atoms. The molecule has 2 rings (SSSR count). The van der Waals surface area contributed by atoms with Crippen LogP contribution in [0.2, 0.25) is 0 Å². The minimum Gasteiger partial charge on any atom is -0.299 e. The van der Waals surface area contributed by atoms with Gasteiger partial charge >= 0.3 is 0 Å². The van der Waals surface area contributed by atoms with Crippen LogP contribution in [0.15, 0.2) is 0 Å². The third-order valence-corrected chi connectivity index (χ3v) is 5.27. The van der Waals surface area contributed by atoms with Crippen LogP contribution in [0.4, 0.5) is 0 Å². The lowest BCUT2D eigenvalue weighted by molar-refractivity contribution is -0.130. The lowest BCUT2D eigenvalue weighted by Crippen LogP contribution is -2.39. The number of rotatable bonds is 2. The molecule has 0 amide bonds. The Morgan fingerprint density at radius 1 is 1.47 bits per heavy atom. The highest BCUT2D eigenvalue weighted by molar-refractivity contribution is 5.83. The first-order valence-corrected chi connectivity index (χ1v) is 6.62. The van der Waals surface area contributed by atoms with E-state index in [1.54, 1.807) is 0 Å². The van der Waals surface area contributed by atoms with Gasteiger partial charge in [-0.05, 0) is 42.9 Å². The molecule has 0 saturated heterocycles. The van der Waals surface area contributed by atoms with Gasteiger partial charge < -0.3 is 0 Å². The Kier molecular flexibility index (Phi) is 2.92. The van der Waals surface area contributed by atoms with Crippen molar-refractivity contribution >= 4 is 5.78 Å². The van der Waals surface area contributed by atoms with Gasteiger partial charge in [0.2, 0.25) is 0 Å². The number of hydrogen-bond acceptors (Lipinski definition) is 1. The number of ketones is 1. The molecule has 2 fully saturated rings. The third-order valence-electron chi connectivity index (χ3n) is 5.27. The zero-order chi connectivity index (χ0) is 11.1. The topological polar surface area (TPSA) is 17.1 Å². The van der Waals surface area contributed by atoms with Crippen LogP contribution in [0.5, 0.6) is 0 Å². The monoisotopic (exact) mass is 208 g/mol. The molecule has 2 aliphatic carbocycles. The van der Waals surface area contributed by atoms with E-state index in [2.05, 4.69) is 20.8 Å². The first-order valence-electron chi connectivity index (χ1n) is 6.62. The van der Waals surface area contributed by atoms with Crippen molar-refractivity contribution < 1.29 is 4.79 Å². The van der Waals surface area contributed by atoms with E-state index in [1.807, 2.05) is 0 Å². The zero-order valence-electron chi connectivity index (χ0n) is 10.4. The van der Waals surface area contributed by atoms with E-state index in [4.69, 9.17) is 0 Å². The third kappa shape index (κ3) is 1.64. The van der Waals surface area contributed by atoms with Gasteiger partial charge in [-0.3, -0.25) is 4.79 Å². The summed E-state index contributed by atoms with van der Waals surface area (Å²) in [5, 5.41) is 0. The number of hydrogen-bond donors (Lipinski definition) is 0. The van der Waals surface area contributed by atoms with Crippen LogP contribution in [0.1, 0.15) is 59.3 Å². The molecule has 3 unspecified atom stereocenters. The Bertz CT molecular complexity index is 258.